The van der Waals surface area contributed by atoms with Gasteiger partial charge in [-0.2, -0.15) is 5.10 Å². The van der Waals surface area contributed by atoms with Crippen LogP contribution in [0.5, 0.6) is 11.5 Å². The Morgan fingerprint density at radius 1 is 1.00 bits per heavy atom. The van der Waals surface area contributed by atoms with E-state index in [1.165, 1.54) is 17.6 Å². The molecule has 4 aromatic rings. The molecule has 0 atom stereocenters. The molecule has 160 valence electrons. The maximum absolute atomic E-state index is 12.6. The molecular formula is C24H17ClN2O4S. The number of hydrogen-bond donors (Lipinski definition) is 1. The molecule has 1 aromatic heterocycles. The molecule has 0 saturated heterocycles. The van der Waals surface area contributed by atoms with Crippen molar-refractivity contribution in [3.63, 3.8) is 0 Å². The largest absolute Gasteiger partial charge is 0.497 e. The molecule has 0 aliphatic carbocycles. The zero-order valence-electron chi connectivity index (χ0n) is 16.9. The number of fused-ring (bicyclic) bond motifs is 1. The number of carbonyl (C=O) groups is 2. The summed E-state index contributed by atoms with van der Waals surface area (Å²) in [5.74, 6) is 0.117. The van der Waals surface area contributed by atoms with E-state index in [4.69, 9.17) is 21.1 Å². The minimum absolute atomic E-state index is 0.342. The number of halogens is 1. The molecule has 1 amide bonds. The Morgan fingerprint density at radius 2 is 1.78 bits per heavy atom. The van der Waals surface area contributed by atoms with Gasteiger partial charge in [0.15, 0.2) is 0 Å². The van der Waals surface area contributed by atoms with Gasteiger partial charge in [0, 0.05) is 15.6 Å². The molecule has 0 aliphatic rings. The van der Waals surface area contributed by atoms with E-state index in [2.05, 4.69) is 10.5 Å². The number of hydrogen-bond acceptors (Lipinski definition) is 6. The normalized spacial score (nSPS) is 10.9. The molecule has 1 heterocycles. The highest BCUT2D eigenvalue weighted by molar-refractivity contribution is 7.21. The molecule has 8 heteroatoms. The van der Waals surface area contributed by atoms with Crippen molar-refractivity contribution in [2.24, 2.45) is 5.10 Å². The number of esters is 1. The first kappa shape index (κ1) is 21.5. The fraction of sp³-hybridized carbons (Fsp3) is 0.0417. The lowest BCUT2D eigenvalue weighted by molar-refractivity contribution is 0.0740. The summed E-state index contributed by atoms with van der Waals surface area (Å²) in [6, 6.07) is 21.0. The maximum Gasteiger partial charge on any atom is 0.355 e. The van der Waals surface area contributed by atoms with E-state index < -0.39 is 5.97 Å². The van der Waals surface area contributed by atoms with Gasteiger partial charge in [-0.1, -0.05) is 41.9 Å². The molecule has 0 saturated carbocycles. The van der Waals surface area contributed by atoms with Crippen LogP contribution in [-0.2, 0) is 0 Å². The second-order valence-corrected chi connectivity index (χ2v) is 8.06. The van der Waals surface area contributed by atoms with E-state index in [0.29, 0.717) is 32.5 Å². The molecule has 32 heavy (non-hydrogen) atoms. The van der Waals surface area contributed by atoms with Crippen molar-refractivity contribution in [1.29, 1.82) is 0 Å². The average molecular weight is 465 g/mol. The number of hydrazone groups is 1. The van der Waals surface area contributed by atoms with Gasteiger partial charge in [-0.3, -0.25) is 4.79 Å². The molecular weight excluding hydrogens is 448 g/mol. The molecule has 0 radical (unpaired) electrons. The molecule has 4 rings (SSSR count). The number of nitrogens with zero attached hydrogens (tertiary/aromatic N) is 1. The predicted molar refractivity (Wildman–Crippen MR) is 126 cm³/mol. The van der Waals surface area contributed by atoms with Crippen molar-refractivity contribution in [1.82, 2.24) is 5.43 Å². The van der Waals surface area contributed by atoms with Gasteiger partial charge in [-0.05, 0) is 48.0 Å². The fourth-order valence-corrected chi connectivity index (χ4v) is 4.31. The monoisotopic (exact) mass is 464 g/mol. The van der Waals surface area contributed by atoms with Crippen LogP contribution in [0.25, 0.3) is 10.1 Å². The lowest BCUT2D eigenvalue weighted by Gasteiger charge is -2.04. The standard InChI is InChI=1S/C24H17ClN2O4S/c1-30-17-11-9-16(10-12-17)23(28)27-26-14-15-5-4-6-18(13-15)31-24(29)22-21(25)19-7-2-3-8-20(19)32-22/h2-14H,1H3,(H,27,28)/b26-14+. The fourth-order valence-electron chi connectivity index (χ4n) is 2.93. The van der Waals surface area contributed by atoms with Crippen molar-refractivity contribution in [3.05, 3.63) is 93.8 Å². The predicted octanol–water partition coefficient (Wildman–Crippen LogP) is 5.55. The third kappa shape index (κ3) is 4.80. The second kappa shape index (κ2) is 9.64. The summed E-state index contributed by atoms with van der Waals surface area (Å²) in [6.07, 6.45) is 1.46. The van der Waals surface area contributed by atoms with E-state index in [1.807, 2.05) is 24.3 Å². The molecule has 0 aliphatic heterocycles. The van der Waals surface area contributed by atoms with E-state index in [-0.39, 0.29) is 5.91 Å². The maximum atomic E-state index is 12.6. The summed E-state index contributed by atoms with van der Waals surface area (Å²) in [5, 5.41) is 5.17. The van der Waals surface area contributed by atoms with Crippen LogP contribution in [0, 0.1) is 0 Å². The Labute approximate surface area is 193 Å². The highest BCUT2D eigenvalue weighted by Gasteiger charge is 2.19. The zero-order valence-corrected chi connectivity index (χ0v) is 18.4. The second-order valence-electron chi connectivity index (χ2n) is 6.63. The Bertz CT molecular complexity index is 1320. The van der Waals surface area contributed by atoms with Crippen LogP contribution >= 0.6 is 22.9 Å². The van der Waals surface area contributed by atoms with Gasteiger partial charge in [-0.25, -0.2) is 10.2 Å². The van der Waals surface area contributed by atoms with Gasteiger partial charge in [0.25, 0.3) is 5.91 Å². The summed E-state index contributed by atoms with van der Waals surface area (Å²) >= 11 is 7.64. The van der Waals surface area contributed by atoms with Gasteiger partial charge in [0.05, 0.1) is 18.3 Å². The Kier molecular flexibility index (Phi) is 6.49. The summed E-state index contributed by atoms with van der Waals surface area (Å²) in [6.45, 7) is 0. The molecule has 0 fully saturated rings. The summed E-state index contributed by atoms with van der Waals surface area (Å²) in [5.41, 5.74) is 3.56. The minimum atomic E-state index is -0.530. The Hall–Kier alpha value is -3.68. The molecule has 0 bridgehead atoms. The van der Waals surface area contributed by atoms with Crippen molar-refractivity contribution in [2.75, 3.05) is 7.11 Å². The van der Waals surface area contributed by atoms with Gasteiger partial charge in [0.2, 0.25) is 0 Å². The third-order valence-electron chi connectivity index (χ3n) is 4.52. The smallest absolute Gasteiger partial charge is 0.355 e. The summed E-state index contributed by atoms with van der Waals surface area (Å²) in [7, 11) is 1.56. The number of methoxy groups -OCH3 is 1. The number of ether oxygens (including phenoxy) is 2. The zero-order chi connectivity index (χ0) is 22.5. The minimum Gasteiger partial charge on any atom is -0.497 e. The SMILES string of the molecule is COc1ccc(C(=O)N/N=C/c2cccc(OC(=O)c3sc4ccccc4c3Cl)c2)cc1. The van der Waals surface area contributed by atoms with Crippen molar-refractivity contribution in [2.45, 2.75) is 0 Å². The summed E-state index contributed by atoms with van der Waals surface area (Å²) < 4.78 is 11.5. The van der Waals surface area contributed by atoms with E-state index in [1.54, 1.807) is 55.6 Å². The van der Waals surface area contributed by atoms with E-state index in [0.717, 1.165) is 10.1 Å². The van der Waals surface area contributed by atoms with Crippen LogP contribution in [0.1, 0.15) is 25.6 Å². The van der Waals surface area contributed by atoms with Crippen LogP contribution in [-0.4, -0.2) is 25.2 Å². The average Bonchev–Trinajstić information content (AvgIpc) is 3.16. The van der Waals surface area contributed by atoms with Crippen LogP contribution in [0.4, 0.5) is 0 Å². The molecule has 6 nitrogen and oxygen atoms in total. The van der Waals surface area contributed by atoms with Gasteiger partial charge in [-0.15, -0.1) is 11.3 Å². The van der Waals surface area contributed by atoms with Crippen LogP contribution in [0.15, 0.2) is 77.9 Å². The number of benzene rings is 3. The number of nitrogens with one attached hydrogen (secondary N) is 1. The highest BCUT2D eigenvalue weighted by Crippen LogP contribution is 2.35. The van der Waals surface area contributed by atoms with Gasteiger partial charge in [0.1, 0.15) is 16.4 Å². The first-order chi connectivity index (χ1) is 15.5. The lowest BCUT2D eigenvalue weighted by Crippen LogP contribution is -2.17. The quantitative estimate of drug-likeness (QED) is 0.176. The first-order valence-corrected chi connectivity index (χ1v) is 10.7. The topological polar surface area (TPSA) is 77.0 Å². The molecule has 0 unspecified atom stereocenters. The number of rotatable bonds is 6. The third-order valence-corrected chi connectivity index (χ3v) is 6.18. The lowest BCUT2D eigenvalue weighted by atomic mass is 10.2. The van der Waals surface area contributed by atoms with Crippen molar-refractivity contribution < 1.29 is 19.1 Å². The Balaban J connectivity index is 1.42. The van der Waals surface area contributed by atoms with Crippen LogP contribution in [0.2, 0.25) is 5.02 Å². The van der Waals surface area contributed by atoms with Crippen LogP contribution < -0.4 is 14.9 Å². The number of thiophene rings is 1. The molecule has 3 aromatic carbocycles. The molecule has 0 spiro atoms. The summed E-state index contributed by atoms with van der Waals surface area (Å²) in [4.78, 5) is 25.1. The highest BCUT2D eigenvalue weighted by atomic mass is 35.5. The van der Waals surface area contributed by atoms with E-state index >= 15 is 0 Å². The van der Waals surface area contributed by atoms with Crippen molar-refractivity contribution >= 4 is 51.1 Å². The van der Waals surface area contributed by atoms with Gasteiger partial charge >= 0.3 is 5.97 Å². The van der Waals surface area contributed by atoms with Crippen molar-refractivity contribution in [3.8, 4) is 11.5 Å². The molecule has 1 N–H and O–H groups in total. The van der Waals surface area contributed by atoms with Crippen LogP contribution in [0.3, 0.4) is 0 Å². The Morgan fingerprint density at radius 3 is 2.53 bits per heavy atom. The number of amides is 1. The number of carbonyl (C=O) groups excluding carboxylic acids is 2. The van der Waals surface area contributed by atoms with E-state index in [9.17, 15) is 9.59 Å². The van der Waals surface area contributed by atoms with Gasteiger partial charge < -0.3 is 9.47 Å². The first-order valence-electron chi connectivity index (χ1n) is 9.52.